The normalized spacial score (nSPS) is 10.5. The van der Waals surface area contributed by atoms with Gasteiger partial charge in [-0.3, -0.25) is 0 Å². The van der Waals surface area contributed by atoms with E-state index in [0.717, 1.165) is 0 Å². The highest BCUT2D eigenvalue weighted by Crippen LogP contribution is 2.09. The van der Waals surface area contributed by atoms with Gasteiger partial charge < -0.3 is 15.2 Å². The summed E-state index contributed by atoms with van der Waals surface area (Å²) in [7, 11) is 0. The summed E-state index contributed by atoms with van der Waals surface area (Å²) in [6, 6.07) is 4.32. The first-order valence-electron chi connectivity index (χ1n) is 6.67. The minimum atomic E-state index is -0.523. The molecule has 2 N–H and O–H groups in total. The third-order valence-corrected chi connectivity index (χ3v) is 2.37. The highest BCUT2D eigenvalue weighted by molar-refractivity contribution is 5.67. The molecule has 1 amide bonds. The van der Waals surface area contributed by atoms with Crippen molar-refractivity contribution in [2.24, 2.45) is 0 Å². The summed E-state index contributed by atoms with van der Waals surface area (Å²) in [5.41, 5.74) is 0.316. The Morgan fingerprint density at radius 3 is 2.76 bits per heavy atom. The van der Waals surface area contributed by atoms with E-state index < -0.39 is 17.5 Å². The Labute approximate surface area is 124 Å². The molecule has 1 aromatic carbocycles. The summed E-state index contributed by atoms with van der Waals surface area (Å²) >= 11 is 0. The molecule has 0 saturated heterocycles. The van der Waals surface area contributed by atoms with Crippen molar-refractivity contribution < 1.29 is 19.0 Å². The molecule has 0 aliphatic heterocycles. The fraction of sp³-hybridized carbons (Fsp3) is 0.438. The zero-order chi connectivity index (χ0) is 15.9. The molecule has 0 aliphatic rings. The molecule has 0 heterocycles. The van der Waals surface area contributed by atoms with Crippen LogP contribution in [0.4, 0.5) is 9.18 Å². The van der Waals surface area contributed by atoms with Gasteiger partial charge in [-0.15, -0.1) is 0 Å². The molecule has 0 spiro atoms. The van der Waals surface area contributed by atoms with Gasteiger partial charge in [0.2, 0.25) is 0 Å². The smallest absolute Gasteiger partial charge is 0.407 e. The molecule has 114 valence electrons. The van der Waals surface area contributed by atoms with Crippen LogP contribution in [0.15, 0.2) is 18.2 Å². The van der Waals surface area contributed by atoms with Crippen molar-refractivity contribution in [1.29, 1.82) is 0 Å². The lowest BCUT2D eigenvalue weighted by atomic mass is 10.1. The number of amides is 1. The highest BCUT2D eigenvalue weighted by atomic mass is 19.1. The second kappa shape index (κ2) is 7.65. The SMILES string of the molecule is CC(C)(C)OC(=O)NCCC#Cc1ccc(F)c(CO)c1. The van der Waals surface area contributed by atoms with Crippen molar-refractivity contribution >= 4 is 6.09 Å². The fourth-order valence-corrected chi connectivity index (χ4v) is 1.48. The molecule has 1 aromatic rings. The van der Waals surface area contributed by atoms with Crippen molar-refractivity contribution in [2.45, 2.75) is 39.4 Å². The zero-order valence-electron chi connectivity index (χ0n) is 12.5. The van der Waals surface area contributed by atoms with Crippen LogP contribution in [0.5, 0.6) is 0 Å². The predicted molar refractivity (Wildman–Crippen MR) is 78.1 cm³/mol. The zero-order valence-corrected chi connectivity index (χ0v) is 12.5. The average molecular weight is 293 g/mol. The average Bonchev–Trinajstić information content (AvgIpc) is 2.38. The Hall–Kier alpha value is -2.06. The molecule has 0 atom stereocenters. The molecule has 0 aromatic heterocycles. The molecule has 4 nitrogen and oxygen atoms in total. The fourth-order valence-electron chi connectivity index (χ4n) is 1.48. The first kappa shape index (κ1) is 17.0. The second-order valence-electron chi connectivity index (χ2n) is 5.44. The summed E-state index contributed by atoms with van der Waals surface area (Å²) in [6.07, 6.45) is -0.0286. The topological polar surface area (TPSA) is 58.6 Å². The number of carbonyl (C=O) groups excluding carboxylic acids is 1. The van der Waals surface area contributed by atoms with Gasteiger partial charge in [-0.2, -0.15) is 0 Å². The van der Waals surface area contributed by atoms with Gasteiger partial charge in [0.25, 0.3) is 0 Å². The lowest BCUT2D eigenvalue weighted by Gasteiger charge is -2.19. The number of carbonyl (C=O) groups is 1. The van der Waals surface area contributed by atoms with Crippen LogP contribution in [0.2, 0.25) is 0 Å². The van der Waals surface area contributed by atoms with Crippen molar-refractivity contribution in [1.82, 2.24) is 5.32 Å². The van der Waals surface area contributed by atoms with Gasteiger partial charge in [0.1, 0.15) is 11.4 Å². The van der Waals surface area contributed by atoms with Crippen molar-refractivity contribution in [3.8, 4) is 11.8 Å². The number of hydrogen-bond acceptors (Lipinski definition) is 3. The van der Waals surface area contributed by atoms with Gasteiger partial charge in [0.15, 0.2) is 0 Å². The van der Waals surface area contributed by atoms with Crippen LogP contribution in [0.25, 0.3) is 0 Å². The largest absolute Gasteiger partial charge is 0.444 e. The highest BCUT2D eigenvalue weighted by Gasteiger charge is 2.15. The summed E-state index contributed by atoms with van der Waals surface area (Å²) in [5.74, 6) is 5.27. The maximum atomic E-state index is 13.2. The number of alkyl carbamates (subject to hydrolysis) is 1. The Kier molecular flexibility index (Phi) is 6.19. The number of halogens is 1. The minimum Gasteiger partial charge on any atom is -0.444 e. The molecule has 5 heteroatoms. The first-order chi connectivity index (χ1) is 9.81. The lowest BCUT2D eigenvalue weighted by molar-refractivity contribution is 0.0529. The molecule has 0 unspecified atom stereocenters. The van der Waals surface area contributed by atoms with Crippen LogP contribution in [0.1, 0.15) is 38.3 Å². The maximum Gasteiger partial charge on any atom is 0.407 e. The summed E-state index contributed by atoms with van der Waals surface area (Å²) < 4.78 is 18.2. The molecule has 0 saturated carbocycles. The summed E-state index contributed by atoms with van der Waals surface area (Å²) in [4.78, 5) is 11.4. The van der Waals surface area contributed by atoms with Gasteiger partial charge in [0, 0.05) is 24.1 Å². The second-order valence-corrected chi connectivity index (χ2v) is 5.44. The third-order valence-electron chi connectivity index (χ3n) is 2.37. The maximum absolute atomic E-state index is 13.2. The van der Waals surface area contributed by atoms with Crippen LogP contribution >= 0.6 is 0 Å². The number of nitrogens with one attached hydrogen (secondary N) is 1. The van der Waals surface area contributed by atoms with Gasteiger partial charge in [-0.1, -0.05) is 11.8 Å². The van der Waals surface area contributed by atoms with Crippen LogP contribution < -0.4 is 5.32 Å². The molecular weight excluding hydrogens is 273 g/mol. The van der Waals surface area contributed by atoms with E-state index >= 15 is 0 Å². The van der Waals surface area contributed by atoms with Crippen LogP contribution in [-0.4, -0.2) is 23.3 Å². The van der Waals surface area contributed by atoms with E-state index in [9.17, 15) is 9.18 Å². The van der Waals surface area contributed by atoms with Gasteiger partial charge in [-0.05, 0) is 39.0 Å². The Bertz CT molecular complexity index is 553. The Balaban J connectivity index is 2.42. The first-order valence-corrected chi connectivity index (χ1v) is 6.67. The molecule has 21 heavy (non-hydrogen) atoms. The van der Waals surface area contributed by atoms with E-state index in [0.29, 0.717) is 18.5 Å². The van der Waals surface area contributed by atoms with Crippen molar-refractivity contribution in [3.05, 3.63) is 35.1 Å². The molecule has 0 fully saturated rings. The van der Waals surface area contributed by atoms with E-state index in [1.807, 2.05) is 0 Å². The number of aliphatic hydroxyl groups excluding tert-OH is 1. The molecule has 0 radical (unpaired) electrons. The van der Waals surface area contributed by atoms with Crippen LogP contribution in [0.3, 0.4) is 0 Å². The van der Waals surface area contributed by atoms with E-state index in [1.165, 1.54) is 12.1 Å². The van der Waals surface area contributed by atoms with Gasteiger partial charge >= 0.3 is 6.09 Å². The van der Waals surface area contributed by atoms with Crippen molar-refractivity contribution in [3.63, 3.8) is 0 Å². The van der Waals surface area contributed by atoms with Crippen molar-refractivity contribution in [2.75, 3.05) is 6.54 Å². The third kappa shape index (κ3) is 6.77. The number of hydrogen-bond donors (Lipinski definition) is 2. The molecular formula is C16H20FNO3. The minimum absolute atomic E-state index is 0.216. The summed E-state index contributed by atoms with van der Waals surface area (Å²) in [6.45, 7) is 5.39. The number of benzene rings is 1. The van der Waals surface area contributed by atoms with Gasteiger partial charge in [-0.25, -0.2) is 9.18 Å². The Morgan fingerprint density at radius 1 is 1.43 bits per heavy atom. The van der Waals surface area contributed by atoms with E-state index in [1.54, 1.807) is 26.8 Å². The van der Waals surface area contributed by atoms with E-state index in [-0.39, 0.29) is 12.2 Å². The van der Waals surface area contributed by atoms with Crippen LogP contribution in [0, 0.1) is 17.7 Å². The molecule has 0 aliphatic carbocycles. The number of aliphatic hydroxyl groups is 1. The van der Waals surface area contributed by atoms with Crippen LogP contribution in [-0.2, 0) is 11.3 Å². The Morgan fingerprint density at radius 2 is 2.14 bits per heavy atom. The number of ether oxygens (including phenoxy) is 1. The number of rotatable bonds is 3. The molecule has 0 bridgehead atoms. The predicted octanol–water partition coefficient (Wildman–Crippen LogP) is 2.58. The monoisotopic (exact) mass is 293 g/mol. The van der Waals surface area contributed by atoms with Gasteiger partial charge in [0.05, 0.1) is 6.61 Å². The standard InChI is InChI=1S/C16H20FNO3/c1-16(2,3)21-15(20)18-9-5-4-6-12-7-8-14(17)13(10-12)11-19/h7-8,10,19H,5,9,11H2,1-3H3,(H,18,20). The van der Waals surface area contributed by atoms with E-state index in [4.69, 9.17) is 9.84 Å². The van der Waals surface area contributed by atoms with E-state index in [2.05, 4.69) is 17.2 Å². The quantitative estimate of drug-likeness (QED) is 0.665. The summed E-state index contributed by atoms with van der Waals surface area (Å²) in [5, 5.41) is 11.6. The lowest BCUT2D eigenvalue weighted by Crippen LogP contribution is -2.32. The molecule has 1 rings (SSSR count).